The molecule has 4 nitrogen and oxygen atoms in total. The van der Waals surface area contributed by atoms with Crippen molar-refractivity contribution in [2.45, 2.75) is 0 Å². The van der Waals surface area contributed by atoms with E-state index in [-0.39, 0.29) is 16.7 Å². The van der Waals surface area contributed by atoms with Crippen molar-refractivity contribution >= 4 is 51.5 Å². The molecule has 0 saturated heterocycles. The van der Waals surface area contributed by atoms with Crippen LogP contribution in [0.2, 0.25) is 5.02 Å². The van der Waals surface area contributed by atoms with Crippen molar-refractivity contribution in [1.82, 2.24) is 9.97 Å². The van der Waals surface area contributed by atoms with Gasteiger partial charge in [0.15, 0.2) is 5.82 Å². The summed E-state index contributed by atoms with van der Waals surface area (Å²) in [4.78, 5) is 7.72. The Balaban J connectivity index is 2.35. The van der Waals surface area contributed by atoms with Crippen molar-refractivity contribution < 1.29 is 4.39 Å². The molecule has 1 aromatic carbocycles. The van der Waals surface area contributed by atoms with Gasteiger partial charge in [-0.2, -0.15) is 0 Å². The second kappa shape index (κ2) is 5.01. The molecule has 3 N–H and O–H groups in total. The van der Waals surface area contributed by atoms with E-state index < -0.39 is 0 Å². The Labute approximate surface area is 116 Å². The van der Waals surface area contributed by atoms with Gasteiger partial charge in [0.2, 0.25) is 0 Å². The van der Waals surface area contributed by atoms with Crippen LogP contribution in [0.4, 0.5) is 21.7 Å². The van der Waals surface area contributed by atoms with Gasteiger partial charge in [0, 0.05) is 3.57 Å². The Morgan fingerprint density at radius 3 is 2.82 bits per heavy atom. The maximum absolute atomic E-state index is 12.9. The summed E-state index contributed by atoms with van der Waals surface area (Å²) in [5, 5.41) is 3.21. The van der Waals surface area contributed by atoms with E-state index in [1.54, 1.807) is 6.07 Å². The summed E-state index contributed by atoms with van der Waals surface area (Å²) in [6.07, 6.45) is 1.31. The molecular formula is C10H7ClFIN4. The Morgan fingerprint density at radius 2 is 2.12 bits per heavy atom. The van der Waals surface area contributed by atoms with Gasteiger partial charge >= 0.3 is 0 Å². The zero-order valence-corrected chi connectivity index (χ0v) is 11.3. The number of nitrogens with one attached hydrogen (secondary N) is 1. The fraction of sp³-hybridized carbons (Fsp3) is 0. The monoisotopic (exact) mass is 364 g/mol. The number of hydrogen-bond donors (Lipinski definition) is 2. The second-order valence-electron chi connectivity index (χ2n) is 3.17. The normalized spacial score (nSPS) is 10.3. The Bertz CT molecular complexity index is 564. The van der Waals surface area contributed by atoms with Crippen molar-refractivity contribution in [3.63, 3.8) is 0 Å². The number of nitrogens with two attached hydrogens (primary N) is 1. The average Bonchev–Trinajstić information content (AvgIpc) is 2.28. The molecule has 0 fully saturated rings. The number of rotatable bonds is 2. The molecule has 0 aliphatic heterocycles. The minimum absolute atomic E-state index is 0.196. The van der Waals surface area contributed by atoms with Gasteiger partial charge in [-0.25, -0.2) is 14.4 Å². The maximum atomic E-state index is 12.9. The van der Waals surface area contributed by atoms with Gasteiger partial charge in [0.05, 0.1) is 5.69 Å². The molecule has 0 saturated carbocycles. The first-order valence-electron chi connectivity index (χ1n) is 4.56. The van der Waals surface area contributed by atoms with E-state index >= 15 is 0 Å². The van der Waals surface area contributed by atoms with E-state index in [0.717, 1.165) is 3.57 Å². The quantitative estimate of drug-likeness (QED) is 0.803. The van der Waals surface area contributed by atoms with Crippen LogP contribution >= 0.6 is 34.2 Å². The highest BCUT2D eigenvalue weighted by Gasteiger charge is 2.08. The number of hydrogen-bond acceptors (Lipinski definition) is 4. The van der Waals surface area contributed by atoms with E-state index in [9.17, 15) is 4.39 Å². The van der Waals surface area contributed by atoms with Crippen molar-refractivity contribution in [3.8, 4) is 0 Å². The standard InChI is InChI=1S/C10H7ClFIN4/c11-8-9(14)15-4-16-10(8)17-7-2-1-5(12)3-6(7)13/h1-4H,(H3,14,15,16,17). The van der Waals surface area contributed by atoms with Gasteiger partial charge in [-0.3, -0.25) is 0 Å². The maximum Gasteiger partial charge on any atom is 0.154 e. The smallest absolute Gasteiger partial charge is 0.154 e. The number of benzene rings is 1. The summed E-state index contributed by atoms with van der Waals surface area (Å²) in [6.45, 7) is 0. The molecule has 2 aromatic rings. The molecule has 17 heavy (non-hydrogen) atoms. The van der Waals surface area contributed by atoms with Crippen LogP contribution in [0.15, 0.2) is 24.5 Å². The lowest BCUT2D eigenvalue weighted by Gasteiger charge is -2.09. The van der Waals surface area contributed by atoms with Gasteiger partial charge in [-0.05, 0) is 40.8 Å². The third kappa shape index (κ3) is 2.75. The fourth-order valence-corrected chi connectivity index (χ4v) is 1.95. The Kier molecular flexibility index (Phi) is 3.63. The highest BCUT2D eigenvalue weighted by molar-refractivity contribution is 14.1. The molecule has 1 heterocycles. The highest BCUT2D eigenvalue weighted by atomic mass is 127. The molecule has 0 spiro atoms. The molecule has 0 bridgehead atoms. The lowest BCUT2D eigenvalue weighted by atomic mass is 10.3. The van der Waals surface area contributed by atoms with Gasteiger partial charge in [-0.15, -0.1) is 0 Å². The molecule has 0 radical (unpaired) electrons. The summed E-state index contributed by atoms with van der Waals surface area (Å²) in [5.41, 5.74) is 6.25. The molecule has 88 valence electrons. The van der Waals surface area contributed by atoms with E-state index in [4.69, 9.17) is 17.3 Å². The number of nitrogen functional groups attached to an aromatic ring is 1. The number of halogens is 3. The third-order valence-corrected chi connectivity index (χ3v) is 3.27. The number of aromatic nitrogens is 2. The van der Waals surface area contributed by atoms with Crippen molar-refractivity contribution in [2.24, 2.45) is 0 Å². The lowest BCUT2D eigenvalue weighted by molar-refractivity contribution is 0.627. The Morgan fingerprint density at radius 1 is 1.35 bits per heavy atom. The Hall–Kier alpha value is -1.15. The van der Waals surface area contributed by atoms with Gasteiger partial charge in [0.1, 0.15) is 23.0 Å². The minimum atomic E-state index is -0.298. The van der Waals surface area contributed by atoms with Crippen LogP contribution in [0, 0.1) is 9.39 Å². The van der Waals surface area contributed by atoms with E-state index in [1.165, 1.54) is 18.5 Å². The second-order valence-corrected chi connectivity index (χ2v) is 4.71. The summed E-state index contributed by atoms with van der Waals surface area (Å²) < 4.78 is 13.6. The summed E-state index contributed by atoms with van der Waals surface area (Å²) >= 11 is 7.95. The van der Waals surface area contributed by atoms with Crippen LogP contribution in [0.3, 0.4) is 0 Å². The molecular weight excluding hydrogens is 357 g/mol. The first kappa shape index (κ1) is 12.3. The van der Waals surface area contributed by atoms with Crippen LogP contribution in [-0.4, -0.2) is 9.97 Å². The van der Waals surface area contributed by atoms with Gasteiger partial charge < -0.3 is 11.1 Å². The molecule has 2 rings (SSSR count). The molecule has 0 aliphatic carbocycles. The van der Waals surface area contributed by atoms with Crippen LogP contribution in [0.25, 0.3) is 0 Å². The zero-order chi connectivity index (χ0) is 12.4. The van der Waals surface area contributed by atoms with Crippen LogP contribution in [-0.2, 0) is 0 Å². The highest BCUT2D eigenvalue weighted by Crippen LogP contribution is 2.28. The minimum Gasteiger partial charge on any atom is -0.382 e. The van der Waals surface area contributed by atoms with Gasteiger partial charge in [0.25, 0.3) is 0 Å². The van der Waals surface area contributed by atoms with Crippen molar-refractivity contribution in [1.29, 1.82) is 0 Å². The van der Waals surface area contributed by atoms with Crippen LogP contribution in [0.1, 0.15) is 0 Å². The molecule has 0 atom stereocenters. The van der Waals surface area contributed by atoms with Gasteiger partial charge in [-0.1, -0.05) is 11.6 Å². The van der Waals surface area contributed by atoms with E-state index in [0.29, 0.717) is 11.5 Å². The summed E-state index contributed by atoms with van der Waals surface area (Å²) in [7, 11) is 0. The van der Waals surface area contributed by atoms with E-state index in [2.05, 4.69) is 15.3 Å². The molecule has 0 amide bonds. The lowest BCUT2D eigenvalue weighted by Crippen LogP contribution is -2.00. The predicted molar refractivity (Wildman–Crippen MR) is 73.9 cm³/mol. The topological polar surface area (TPSA) is 63.8 Å². The predicted octanol–water partition coefficient (Wildman–Crippen LogP) is 3.20. The first-order valence-corrected chi connectivity index (χ1v) is 6.01. The zero-order valence-electron chi connectivity index (χ0n) is 8.42. The molecule has 0 unspecified atom stereocenters. The number of nitrogens with zero attached hydrogens (tertiary/aromatic N) is 2. The van der Waals surface area contributed by atoms with Crippen molar-refractivity contribution in [2.75, 3.05) is 11.1 Å². The van der Waals surface area contributed by atoms with Crippen LogP contribution in [0.5, 0.6) is 0 Å². The molecule has 1 aromatic heterocycles. The van der Waals surface area contributed by atoms with E-state index in [1.807, 2.05) is 22.6 Å². The third-order valence-electron chi connectivity index (χ3n) is 2.00. The van der Waals surface area contributed by atoms with Crippen molar-refractivity contribution in [3.05, 3.63) is 38.9 Å². The molecule has 7 heteroatoms. The summed E-state index contributed by atoms with van der Waals surface area (Å²) in [6, 6.07) is 4.36. The first-order chi connectivity index (χ1) is 8.08. The SMILES string of the molecule is Nc1ncnc(Nc2ccc(F)cc2I)c1Cl. The average molecular weight is 365 g/mol. The summed E-state index contributed by atoms with van der Waals surface area (Å²) in [5.74, 6) is 0.290. The molecule has 0 aliphatic rings. The largest absolute Gasteiger partial charge is 0.382 e. The van der Waals surface area contributed by atoms with Crippen LogP contribution < -0.4 is 11.1 Å². The fourth-order valence-electron chi connectivity index (χ4n) is 1.19. The number of anilines is 3.